The molecule has 0 aromatic heterocycles. The molecule has 1 aliphatic heterocycles. The van der Waals surface area contributed by atoms with Crippen molar-refractivity contribution in [2.75, 3.05) is 40.8 Å². The second-order valence-electron chi connectivity index (χ2n) is 6.61. The van der Waals surface area contributed by atoms with Crippen LogP contribution in [0.2, 0.25) is 5.02 Å². The lowest BCUT2D eigenvalue weighted by molar-refractivity contribution is -0.128. The predicted octanol–water partition coefficient (Wildman–Crippen LogP) is 1.29. The van der Waals surface area contributed by atoms with Crippen LogP contribution in [-0.4, -0.2) is 80.4 Å². The maximum atomic E-state index is 12.8. The highest BCUT2D eigenvalue weighted by Crippen LogP contribution is 2.22. The zero-order valence-corrected chi connectivity index (χ0v) is 16.8. The molecule has 1 aliphatic rings. The third-order valence-electron chi connectivity index (χ3n) is 4.45. The second kappa shape index (κ2) is 8.37. The third kappa shape index (κ3) is 4.75. The zero-order valence-electron chi connectivity index (χ0n) is 15.2. The Morgan fingerprint density at radius 2 is 1.96 bits per heavy atom. The zero-order chi connectivity index (χ0) is 19.5. The lowest BCUT2D eigenvalue weighted by atomic mass is 10.1. The summed E-state index contributed by atoms with van der Waals surface area (Å²) in [4.78, 5) is 27.4. The molecule has 1 fully saturated rings. The Bertz CT molecular complexity index is 782. The van der Waals surface area contributed by atoms with Gasteiger partial charge in [0, 0.05) is 44.8 Å². The van der Waals surface area contributed by atoms with Crippen molar-refractivity contribution in [3.8, 4) is 0 Å². The summed E-state index contributed by atoms with van der Waals surface area (Å²) < 4.78 is 26.7. The van der Waals surface area contributed by atoms with Gasteiger partial charge in [0.2, 0.25) is 15.9 Å². The number of piperidine rings is 1. The fourth-order valence-corrected chi connectivity index (χ4v) is 4.67. The molecule has 0 saturated carbocycles. The van der Waals surface area contributed by atoms with Gasteiger partial charge in [-0.1, -0.05) is 17.7 Å². The van der Waals surface area contributed by atoms with Gasteiger partial charge in [-0.25, -0.2) is 8.42 Å². The second-order valence-corrected chi connectivity index (χ2v) is 9.37. The molecule has 1 aromatic rings. The molecule has 9 heteroatoms. The number of carbonyl (C=O) groups excluding carboxylic acids is 2. The van der Waals surface area contributed by atoms with Crippen molar-refractivity contribution in [1.29, 1.82) is 0 Å². The normalized spacial score (nSPS) is 18.0. The average Bonchev–Trinajstić information content (AvgIpc) is 2.60. The average molecular weight is 402 g/mol. The van der Waals surface area contributed by atoms with E-state index in [0.29, 0.717) is 30.0 Å². The highest BCUT2D eigenvalue weighted by molar-refractivity contribution is 7.89. The Morgan fingerprint density at radius 1 is 1.27 bits per heavy atom. The van der Waals surface area contributed by atoms with E-state index in [1.165, 1.54) is 11.9 Å². The van der Waals surface area contributed by atoms with Gasteiger partial charge in [-0.2, -0.15) is 4.31 Å². The molecule has 1 aromatic carbocycles. The van der Waals surface area contributed by atoms with E-state index >= 15 is 0 Å². The molecular formula is C17H24ClN3O4S. The maximum Gasteiger partial charge on any atom is 0.253 e. The Kier molecular flexibility index (Phi) is 6.65. The van der Waals surface area contributed by atoms with Crippen LogP contribution in [0.1, 0.15) is 23.2 Å². The number of sulfonamides is 1. The first-order valence-electron chi connectivity index (χ1n) is 8.33. The van der Waals surface area contributed by atoms with Crippen molar-refractivity contribution in [3.63, 3.8) is 0 Å². The molecule has 7 nitrogen and oxygen atoms in total. The van der Waals surface area contributed by atoms with E-state index in [-0.39, 0.29) is 24.9 Å². The van der Waals surface area contributed by atoms with Crippen LogP contribution in [0.3, 0.4) is 0 Å². The van der Waals surface area contributed by atoms with Gasteiger partial charge in [0.1, 0.15) is 0 Å². The van der Waals surface area contributed by atoms with Crippen LogP contribution in [0.4, 0.5) is 0 Å². The number of nitrogens with zero attached hydrogens (tertiary/aromatic N) is 3. The first-order chi connectivity index (χ1) is 12.1. The molecule has 1 atom stereocenters. The highest BCUT2D eigenvalue weighted by atomic mass is 35.5. The van der Waals surface area contributed by atoms with Crippen molar-refractivity contribution < 1.29 is 18.0 Å². The standard InChI is InChI=1S/C17H24ClN3O4S/c1-19(2)16(22)12-20(3)26(24,25)15-8-5-9-21(11-15)17(23)13-6-4-7-14(18)10-13/h4,6-7,10,15H,5,8-9,11-12H2,1-3H3/t15-/m0/s1. The molecule has 1 saturated heterocycles. The first kappa shape index (κ1) is 20.7. The molecule has 1 heterocycles. The molecule has 0 aliphatic carbocycles. The summed E-state index contributed by atoms with van der Waals surface area (Å²) in [7, 11) is 0.872. The van der Waals surface area contributed by atoms with Gasteiger partial charge in [-0.05, 0) is 31.0 Å². The van der Waals surface area contributed by atoms with Gasteiger partial charge in [-0.15, -0.1) is 0 Å². The van der Waals surface area contributed by atoms with Crippen LogP contribution in [0.5, 0.6) is 0 Å². The minimum Gasteiger partial charge on any atom is -0.348 e. The van der Waals surface area contributed by atoms with Crippen LogP contribution < -0.4 is 0 Å². The lowest BCUT2D eigenvalue weighted by Gasteiger charge is -2.34. The smallest absolute Gasteiger partial charge is 0.253 e. The number of likely N-dealkylation sites (N-methyl/N-ethyl adjacent to an activating group) is 2. The number of amides is 2. The molecule has 2 amide bonds. The van der Waals surface area contributed by atoms with E-state index in [4.69, 9.17) is 11.6 Å². The van der Waals surface area contributed by atoms with Crippen molar-refractivity contribution in [2.24, 2.45) is 0 Å². The van der Waals surface area contributed by atoms with E-state index < -0.39 is 15.3 Å². The van der Waals surface area contributed by atoms with Gasteiger partial charge in [0.05, 0.1) is 11.8 Å². The van der Waals surface area contributed by atoms with E-state index in [1.54, 1.807) is 43.3 Å². The number of likely N-dealkylation sites (tertiary alicyclic amines) is 1. The first-order valence-corrected chi connectivity index (χ1v) is 10.2. The van der Waals surface area contributed by atoms with Crippen LogP contribution in [0.25, 0.3) is 0 Å². The Morgan fingerprint density at radius 3 is 2.58 bits per heavy atom. The van der Waals surface area contributed by atoms with Crippen molar-refractivity contribution in [1.82, 2.24) is 14.1 Å². The van der Waals surface area contributed by atoms with Crippen LogP contribution in [-0.2, 0) is 14.8 Å². The molecule has 0 radical (unpaired) electrons. The molecule has 144 valence electrons. The molecule has 0 spiro atoms. The van der Waals surface area contributed by atoms with Gasteiger partial charge >= 0.3 is 0 Å². The largest absolute Gasteiger partial charge is 0.348 e. The number of hydrogen-bond donors (Lipinski definition) is 0. The van der Waals surface area contributed by atoms with Crippen molar-refractivity contribution in [3.05, 3.63) is 34.9 Å². The molecule has 26 heavy (non-hydrogen) atoms. The van der Waals surface area contributed by atoms with Gasteiger partial charge in [0.25, 0.3) is 5.91 Å². The Labute approximate surface area is 159 Å². The molecule has 0 N–H and O–H groups in total. The minimum absolute atomic E-state index is 0.105. The van der Waals surface area contributed by atoms with Crippen LogP contribution in [0, 0.1) is 0 Å². The van der Waals surface area contributed by atoms with E-state index in [0.717, 1.165) is 4.31 Å². The number of benzene rings is 1. The summed E-state index contributed by atoms with van der Waals surface area (Å²) >= 11 is 5.94. The number of carbonyl (C=O) groups is 2. The summed E-state index contributed by atoms with van der Waals surface area (Å²) in [6, 6.07) is 6.60. The number of halogens is 1. The van der Waals surface area contributed by atoms with E-state index in [2.05, 4.69) is 0 Å². The SMILES string of the molecule is CN(C)C(=O)CN(C)S(=O)(=O)[C@H]1CCCN(C(=O)c2cccc(Cl)c2)C1. The summed E-state index contributed by atoms with van der Waals surface area (Å²) in [6.07, 6.45) is 1.05. The molecular weight excluding hydrogens is 378 g/mol. The van der Waals surface area contributed by atoms with E-state index in [9.17, 15) is 18.0 Å². The number of rotatable bonds is 5. The fourth-order valence-electron chi connectivity index (χ4n) is 2.85. The summed E-state index contributed by atoms with van der Waals surface area (Å²) in [5.41, 5.74) is 0.437. The topological polar surface area (TPSA) is 78.0 Å². The van der Waals surface area contributed by atoms with Gasteiger partial charge in [0.15, 0.2) is 0 Å². The monoisotopic (exact) mass is 401 g/mol. The molecule has 0 unspecified atom stereocenters. The maximum absolute atomic E-state index is 12.8. The van der Waals surface area contributed by atoms with Crippen molar-refractivity contribution in [2.45, 2.75) is 18.1 Å². The van der Waals surface area contributed by atoms with Crippen LogP contribution >= 0.6 is 11.6 Å². The van der Waals surface area contributed by atoms with Gasteiger partial charge < -0.3 is 9.80 Å². The fraction of sp³-hybridized carbons (Fsp3) is 0.529. The van der Waals surface area contributed by atoms with Crippen molar-refractivity contribution >= 4 is 33.4 Å². The molecule has 0 bridgehead atoms. The summed E-state index contributed by atoms with van der Waals surface area (Å²) in [5.74, 6) is -0.529. The summed E-state index contributed by atoms with van der Waals surface area (Å²) in [5, 5.41) is -0.265. The minimum atomic E-state index is -3.68. The predicted molar refractivity (Wildman–Crippen MR) is 101 cm³/mol. The quantitative estimate of drug-likeness (QED) is 0.744. The lowest BCUT2D eigenvalue weighted by Crippen LogP contribution is -2.50. The number of hydrogen-bond acceptors (Lipinski definition) is 4. The third-order valence-corrected chi connectivity index (χ3v) is 6.91. The molecule has 2 rings (SSSR count). The van der Waals surface area contributed by atoms with Crippen LogP contribution in [0.15, 0.2) is 24.3 Å². The highest BCUT2D eigenvalue weighted by Gasteiger charge is 2.36. The van der Waals surface area contributed by atoms with Gasteiger partial charge in [-0.3, -0.25) is 9.59 Å². The Hall–Kier alpha value is -1.64. The van der Waals surface area contributed by atoms with E-state index in [1.807, 2.05) is 0 Å². The summed E-state index contributed by atoms with van der Waals surface area (Å²) in [6.45, 7) is 0.389. The Balaban J connectivity index is 2.11.